The van der Waals surface area contributed by atoms with E-state index < -0.39 is 10.8 Å². The molecule has 0 saturated heterocycles. The van der Waals surface area contributed by atoms with Gasteiger partial charge >= 0.3 is 5.69 Å². The maximum atomic E-state index is 11.7. The molecule has 7 heteroatoms. The third-order valence-electron chi connectivity index (χ3n) is 3.07. The largest absolute Gasteiger partial charge is 0.477 e. The molecule has 128 valence electrons. The molecule has 0 aliphatic heterocycles. The van der Waals surface area contributed by atoms with Crippen LogP contribution in [0.15, 0.2) is 65.3 Å². The van der Waals surface area contributed by atoms with E-state index in [-0.39, 0.29) is 18.0 Å². The number of nitrogens with one attached hydrogen (secondary N) is 1. The predicted octanol–water partition coefficient (Wildman–Crippen LogP) is 3.18. The summed E-state index contributed by atoms with van der Waals surface area (Å²) in [6, 6.07) is 15.6. The standard InChI is InChI=1S/C18H17N3O4/c1-14(11-15-7-3-2-4-8-15)12-19-20-18(22)13-25-17-10-6-5-9-16(17)21(23)24/h2-12H,13H2,1H3,(H,20,22)/b14-11+,19-12-. The molecule has 1 amide bonds. The summed E-state index contributed by atoms with van der Waals surface area (Å²) in [4.78, 5) is 22.0. The number of nitro groups is 1. The lowest BCUT2D eigenvalue weighted by Crippen LogP contribution is -2.24. The Hall–Kier alpha value is -3.48. The van der Waals surface area contributed by atoms with Gasteiger partial charge in [-0.3, -0.25) is 14.9 Å². The molecule has 0 atom stereocenters. The fraction of sp³-hybridized carbons (Fsp3) is 0.111. The minimum Gasteiger partial charge on any atom is -0.477 e. The second kappa shape index (κ2) is 8.97. The first-order valence-electron chi connectivity index (χ1n) is 7.48. The molecule has 0 radical (unpaired) electrons. The molecule has 0 aliphatic rings. The molecule has 0 fully saturated rings. The second-order valence-corrected chi connectivity index (χ2v) is 5.11. The number of carbonyl (C=O) groups is 1. The highest BCUT2D eigenvalue weighted by molar-refractivity contribution is 5.86. The van der Waals surface area contributed by atoms with Gasteiger partial charge in [0, 0.05) is 6.07 Å². The van der Waals surface area contributed by atoms with E-state index in [1.54, 1.807) is 6.07 Å². The second-order valence-electron chi connectivity index (χ2n) is 5.11. The summed E-state index contributed by atoms with van der Waals surface area (Å²) in [7, 11) is 0. The van der Waals surface area contributed by atoms with Crippen molar-refractivity contribution in [2.75, 3.05) is 6.61 Å². The van der Waals surface area contributed by atoms with Gasteiger partial charge in [0.1, 0.15) is 0 Å². The molecule has 0 aliphatic carbocycles. The van der Waals surface area contributed by atoms with E-state index in [9.17, 15) is 14.9 Å². The molecule has 0 bridgehead atoms. The SMILES string of the molecule is CC(/C=N\NC(=O)COc1ccccc1[N+](=O)[O-])=C\c1ccccc1. The molecule has 7 nitrogen and oxygen atoms in total. The van der Waals surface area contributed by atoms with Crippen LogP contribution < -0.4 is 10.2 Å². The highest BCUT2D eigenvalue weighted by atomic mass is 16.6. The fourth-order valence-corrected chi connectivity index (χ4v) is 1.96. The lowest BCUT2D eigenvalue weighted by Gasteiger charge is -2.05. The Morgan fingerprint density at radius 2 is 1.88 bits per heavy atom. The number of nitro benzene ring substituents is 1. The summed E-state index contributed by atoms with van der Waals surface area (Å²) in [6.07, 6.45) is 3.43. The first-order valence-corrected chi connectivity index (χ1v) is 7.48. The number of hydrogen-bond donors (Lipinski definition) is 1. The minimum absolute atomic E-state index is 0.0341. The van der Waals surface area contributed by atoms with Crippen molar-refractivity contribution in [2.24, 2.45) is 5.10 Å². The number of rotatable bonds is 7. The highest BCUT2D eigenvalue weighted by Crippen LogP contribution is 2.25. The van der Waals surface area contributed by atoms with Gasteiger partial charge in [-0.1, -0.05) is 48.5 Å². The first kappa shape index (κ1) is 17.9. The van der Waals surface area contributed by atoms with Gasteiger partial charge in [-0.05, 0) is 24.1 Å². The van der Waals surface area contributed by atoms with Crippen molar-refractivity contribution in [1.29, 1.82) is 0 Å². The topological polar surface area (TPSA) is 93.8 Å². The Morgan fingerprint density at radius 1 is 1.20 bits per heavy atom. The summed E-state index contributed by atoms with van der Waals surface area (Å²) >= 11 is 0. The lowest BCUT2D eigenvalue weighted by molar-refractivity contribution is -0.385. The summed E-state index contributed by atoms with van der Waals surface area (Å²) in [5, 5.41) is 14.7. The quantitative estimate of drug-likeness (QED) is 0.476. The molecule has 0 spiro atoms. The molecular weight excluding hydrogens is 322 g/mol. The summed E-state index contributed by atoms with van der Waals surface area (Å²) in [5.41, 5.74) is 4.00. The van der Waals surface area contributed by atoms with Crippen LogP contribution in [-0.2, 0) is 4.79 Å². The van der Waals surface area contributed by atoms with Gasteiger partial charge in [0.05, 0.1) is 11.1 Å². The van der Waals surface area contributed by atoms with Crippen molar-refractivity contribution in [2.45, 2.75) is 6.92 Å². The third-order valence-corrected chi connectivity index (χ3v) is 3.07. The third kappa shape index (κ3) is 5.91. The fourth-order valence-electron chi connectivity index (χ4n) is 1.96. The number of amides is 1. The Kier molecular flexibility index (Phi) is 6.41. The van der Waals surface area contributed by atoms with Gasteiger partial charge in [0.15, 0.2) is 12.4 Å². The number of benzene rings is 2. The van der Waals surface area contributed by atoms with Crippen molar-refractivity contribution in [3.05, 3.63) is 75.8 Å². The number of nitrogens with zero attached hydrogens (tertiary/aromatic N) is 2. The average Bonchev–Trinajstić information content (AvgIpc) is 2.61. The smallest absolute Gasteiger partial charge is 0.310 e. The van der Waals surface area contributed by atoms with Crippen molar-refractivity contribution >= 4 is 23.9 Å². The van der Waals surface area contributed by atoms with Crippen molar-refractivity contribution in [3.8, 4) is 5.75 Å². The average molecular weight is 339 g/mol. The maximum absolute atomic E-state index is 11.7. The molecule has 0 heterocycles. The van der Waals surface area contributed by atoms with Crippen LogP contribution >= 0.6 is 0 Å². The van der Waals surface area contributed by atoms with Gasteiger partial charge in [-0.2, -0.15) is 5.10 Å². The van der Waals surface area contributed by atoms with E-state index in [1.807, 2.05) is 43.3 Å². The zero-order valence-corrected chi connectivity index (χ0v) is 13.6. The zero-order valence-electron chi connectivity index (χ0n) is 13.6. The Bertz CT molecular complexity index is 801. The van der Waals surface area contributed by atoms with Gasteiger partial charge < -0.3 is 4.74 Å². The zero-order chi connectivity index (χ0) is 18.1. The molecule has 0 unspecified atom stereocenters. The number of para-hydroxylation sites is 2. The van der Waals surface area contributed by atoms with Crippen molar-refractivity contribution in [3.63, 3.8) is 0 Å². The monoisotopic (exact) mass is 339 g/mol. The van der Waals surface area contributed by atoms with E-state index in [0.717, 1.165) is 11.1 Å². The van der Waals surface area contributed by atoms with Gasteiger partial charge in [-0.15, -0.1) is 0 Å². The Labute approximate surface area is 144 Å². The van der Waals surface area contributed by atoms with Crippen LogP contribution in [0.3, 0.4) is 0 Å². The predicted molar refractivity (Wildman–Crippen MR) is 95.3 cm³/mol. The summed E-state index contributed by atoms with van der Waals surface area (Å²) < 4.78 is 5.17. The lowest BCUT2D eigenvalue weighted by atomic mass is 10.1. The maximum Gasteiger partial charge on any atom is 0.310 e. The van der Waals surface area contributed by atoms with Crippen LogP contribution in [0, 0.1) is 10.1 Å². The number of allylic oxidation sites excluding steroid dienone is 1. The minimum atomic E-state index is -0.566. The summed E-state index contributed by atoms with van der Waals surface area (Å²) in [6.45, 7) is 1.48. The number of hydrazone groups is 1. The molecule has 0 aromatic heterocycles. The van der Waals surface area contributed by atoms with E-state index >= 15 is 0 Å². The van der Waals surface area contributed by atoms with E-state index in [0.29, 0.717) is 0 Å². The first-order chi connectivity index (χ1) is 12.1. The molecule has 1 N–H and O–H groups in total. The van der Waals surface area contributed by atoms with Crippen LogP contribution in [0.4, 0.5) is 5.69 Å². The van der Waals surface area contributed by atoms with Crippen molar-refractivity contribution in [1.82, 2.24) is 5.43 Å². The number of ether oxygens (including phenoxy) is 1. The van der Waals surface area contributed by atoms with E-state index in [2.05, 4.69) is 10.5 Å². The molecule has 2 aromatic carbocycles. The van der Waals surface area contributed by atoms with Gasteiger partial charge in [0.25, 0.3) is 5.91 Å². The molecule has 2 aromatic rings. The number of carbonyl (C=O) groups excluding carboxylic acids is 1. The van der Waals surface area contributed by atoms with Crippen LogP contribution in [0.5, 0.6) is 5.75 Å². The number of hydrogen-bond acceptors (Lipinski definition) is 5. The molecule has 25 heavy (non-hydrogen) atoms. The van der Waals surface area contributed by atoms with Crippen LogP contribution in [0.25, 0.3) is 6.08 Å². The van der Waals surface area contributed by atoms with E-state index in [1.165, 1.54) is 24.4 Å². The van der Waals surface area contributed by atoms with Crippen LogP contribution in [0.1, 0.15) is 12.5 Å². The normalized spacial score (nSPS) is 11.3. The highest BCUT2D eigenvalue weighted by Gasteiger charge is 2.14. The summed E-state index contributed by atoms with van der Waals surface area (Å²) in [5.74, 6) is -0.478. The Balaban J connectivity index is 1.85. The van der Waals surface area contributed by atoms with E-state index in [4.69, 9.17) is 4.74 Å². The van der Waals surface area contributed by atoms with Gasteiger partial charge in [-0.25, -0.2) is 5.43 Å². The van der Waals surface area contributed by atoms with Crippen LogP contribution in [0.2, 0.25) is 0 Å². The molecule has 2 rings (SSSR count). The van der Waals surface area contributed by atoms with Crippen molar-refractivity contribution < 1.29 is 14.5 Å². The Morgan fingerprint density at radius 3 is 2.60 bits per heavy atom. The molecular formula is C18H17N3O4. The van der Waals surface area contributed by atoms with Crippen LogP contribution in [-0.4, -0.2) is 23.7 Å². The molecule has 0 saturated carbocycles. The van der Waals surface area contributed by atoms with Gasteiger partial charge in [0.2, 0.25) is 0 Å².